The SMILES string of the molecule is CCC(C)(C)C(=O)NCC(C)(C)C.CCC(C)(C)C(=O)NCC1CCCC1.CCCCCNC(=O)C(C)(C)CC. The van der Waals surface area contributed by atoms with Gasteiger partial charge in [-0.3, -0.25) is 14.4 Å². The second-order valence-electron chi connectivity index (χ2n) is 14.8. The average Bonchev–Trinajstić information content (AvgIpc) is 3.42. The lowest BCUT2D eigenvalue weighted by atomic mass is 9.88. The van der Waals surface area contributed by atoms with Gasteiger partial charge in [0.15, 0.2) is 0 Å². The minimum absolute atomic E-state index is 0.157. The summed E-state index contributed by atoms with van der Waals surface area (Å²) in [6, 6.07) is 0. The molecule has 0 radical (unpaired) electrons. The van der Waals surface area contributed by atoms with Crippen LogP contribution in [0.4, 0.5) is 0 Å². The molecule has 0 atom stereocenters. The Hall–Kier alpha value is -1.59. The minimum Gasteiger partial charge on any atom is -0.356 e. The Kier molecular flexibility index (Phi) is 19.8. The molecule has 0 aliphatic heterocycles. The fourth-order valence-corrected chi connectivity index (χ4v) is 3.57. The molecule has 0 aromatic carbocycles. The smallest absolute Gasteiger partial charge is 0.225 e. The summed E-state index contributed by atoms with van der Waals surface area (Å²) in [4.78, 5) is 34.9. The summed E-state index contributed by atoms with van der Waals surface area (Å²) < 4.78 is 0. The van der Waals surface area contributed by atoms with E-state index in [9.17, 15) is 14.4 Å². The van der Waals surface area contributed by atoms with Crippen molar-refractivity contribution in [1.29, 1.82) is 0 Å². The zero-order valence-corrected chi connectivity index (χ0v) is 29.0. The Bertz CT molecular complexity index is 714. The van der Waals surface area contributed by atoms with Gasteiger partial charge < -0.3 is 16.0 Å². The quantitative estimate of drug-likeness (QED) is 0.197. The van der Waals surface area contributed by atoms with E-state index in [1.807, 2.05) is 55.4 Å². The number of carbonyl (C=O) groups excluding carboxylic acids is 3. The molecule has 1 saturated carbocycles. The second-order valence-corrected chi connectivity index (χ2v) is 14.8. The van der Waals surface area contributed by atoms with Crippen LogP contribution in [0.5, 0.6) is 0 Å². The molecule has 3 amide bonds. The van der Waals surface area contributed by atoms with Gasteiger partial charge in [0.2, 0.25) is 17.7 Å². The van der Waals surface area contributed by atoms with Crippen molar-refractivity contribution in [2.75, 3.05) is 19.6 Å². The van der Waals surface area contributed by atoms with Crippen LogP contribution in [-0.2, 0) is 14.4 Å². The van der Waals surface area contributed by atoms with Crippen LogP contribution in [-0.4, -0.2) is 37.4 Å². The van der Waals surface area contributed by atoms with Gasteiger partial charge in [0.05, 0.1) is 0 Å². The number of nitrogens with one attached hydrogen (secondary N) is 3. The summed E-state index contributed by atoms with van der Waals surface area (Å²) in [6.07, 6.45) is 11.5. The van der Waals surface area contributed by atoms with E-state index in [2.05, 4.69) is 50.6 Å². The first-order valence-corrected chi connectivity index (χ1v) is 16.1. The molecule has 0 bridgehead atoms. The first kappa shape index (κ1) is 40.5. The minimum atomic E-state index is -0.231. The Morgan fingerprint density at radius 1 is 0.600 bits per heavy atom. The number of hydrogen-bond donors (Lipinski definition) is 3. The normalized spacial score (nSPS) is 14.3. The van der Waals surface area contributed by atoms with Crippen LogP contribution in [0.25, 0.3) is 0 Å². The maximum absolute atomic E-state index is 11.7. The van der Waals surface area contributed by atoms with Crippen LogP contribution in [0.1, 0.15) is 154 Å². The molecule has 0 aromatic rings. The molecule has 1 aliphatic carbocycles. The Balaban J connectivity index is 0. The van der Waals surface area contributed by atoms with Crippen molar-refractivity contribution in [2.45, 2.75) is 154 Å². The maximum atomic E-state index is 11.7. The van der Waals surface area contributed by atoms with Gasteiger partial charge in [-0.1, -0.05) is 116 Å². The van der Waals surface area contributed by atoms with Crippen molar-refractivity contribution in [1.82, 2.24) is 16.0 Å². The molecule has 40 heavy (non-hydrogen) atoms. The van der Waals surface area contributed by atoms with Gasteiger partial charge in [-0.15, -0.1) is 0 Å². The van der Waals surface area contributed by atoms with Gasteiger partial charge >= 0.3 is 0 Å². The largest absolute Gasteiger partial charge is 0.356 e. The average molecular weight is 568 g/mol. The van der Waals surface area contributed by atoms with E-state index < -0.39 is 0 Å². The van der Waals surface area contributed by atoms with Crippen molar-refractivity contribution >= 4 is 17.7 Å². The van der Waals surface area contributed by atoms with Crippen LogP contribution < -0.4 is 16.0 Å². The lowest BCUT2D eigenvalue weighted by molar-refractivity contribution is -0.130. The van der Waals surface area contributed by atoms with E-state index in [1.165, 1.54) is 38.5 Å². The Morgan fingerprint density at radius 2 is 1.00 bits per heavy atom. The fourth-order valence-electron chi connectivity index (χ4n) is 3.57. The summed E-state index contributed by atoms with van der Waals surface area (Å²) in [5, 5.41) is 9.02. The third kappa shape index (κ3) is 18.7. The maximum Gasteiger partial charge on any atom is 0.225 e. The second kappa shape index (κ2) is 19.5. The molecule has 3 N–H and O–H groups in total. The summed E-state index contributed by atoms with van der Waals surface area (Å²) in [5.41, 5.74) is -0.463. The van der Waals surface area contributed by atoms with Gasteiger partial charge in [-0.25, -0.2) is 0 Å². The standard InChI is InChI=1S/C12H23NO.2C11H23NO/c1-4-12(2,3)11(14)13-9-10-7-5-6-8-10;1-7-11(5,6)9(13)12-8-10(2,3)4;1-5-7-8-9-12-10(13)11(3,4)6-2/h10H,4-9H2,1-3H3,(H,13,14);7-8H2,1-6H3,(H,12,13);5-9H2,1-4H3,(H,12,13). The molecular weight excluding hydrogens is 498 g/mol. The first-order chi connectivity index (χ1) is 18.3. The number of unbranched alkanes of at least 4 members (excludes halogenated alkanes) is 2. The third-order valence-corrected chi connectivity index (χ3v) is 8.37. The summed E-state index contributed by atoms with van der Waals surface area (Å²) >= 11 is 0. The molecule has 0 heterocycles. The van der Waals surface area contributed by atoms with Crippen LogP contribution in [0.3, 0.4) is 0 Å². The zero-order chi connectivity index (χ0) is 31.6. The lowest BCUT2D eigenvalue weighted by Crippen LogP contribution is -2.40. The van der Waals surface area contributed by atoms with E-state index >= 15 is 0 Å². The van der Waals surface area contributed by atoms with Crippen molar-refractivity contribution < 1.29 is 14.4 Å². The van der Waals surface area contributed by atoms with Crippen LogP contribution in [0.15, 0.2) is 0 Å². The molecular formula is C34H69N3O3. The summed E-state index contributed by atoms with van der Waals surface area (Å²) in [6.45, 7) is 29.1. The molecule has 1 rings (SSSR count). The van der Waals surface area contributed by atoms with Gasteiger partial charge in [0.1, 0.15) is 0 Å². The van der Waals surface area contributed by atoms with Crippen LogP contribution in [0, 0.1) is 27.6 Å². The predicted octanol–water partition coefficient (Wildman–Crippen LogP) is 8.04. The zero-order valence-electron chi connectivity index (χ0n) is 29.0. The van der Waals surface area contributed by atoms with Crippen LogP contribution >= 0.6 is 0 Å². The molecule has 0 saturated heterocycles. The molecule has 0 spiro atoms. The monoisotopic (exact) mass is 568 g/mol. The van der Waals surface area contributed by atoms with E-state index in [0.29, 0.717) is 0 Å². The highest BCUT2D eigenvalue weighted by atomic mass is 16.2. The number of rotatable bonds is 13. The van der Waals surface area contributed by atoms with E-state index in [0.717, 1.165) is 51.2 Å². The highest BCUT2D eigenvalue weighted by Gasteiger charge is 2.27. The lowest BCUT2D eigenvalue weighted by Gasteiger charge is -2.25. The van der Waals surface area contributed by atoms with Gasteiger partial charge in [-0.05, 0) is 49.9 Å². The molecule has 6 nitrogen and oxygen atoms in total. The van der Waals surface area contributed by atoms with Crippen molar-refractivity contribution in [3.63, 3.8) is 0 Å². The molecule has 0 unspecified atom stereocenters. The fraction of sp³-hybridized carbons (Fsp3) is 0.912. The molecule has 238 valence electrons. The molecule has 1 fully saturated rings. The number of amides is 3. The first-order valence-electron chi connectivity index (χ1n) is 16.1. The van der Waals surface area contributed by atoms with Gasteiger partial charge in [0, 0.05) is 35.9 Å². The molecule has 6 heteroatoms. The van der Waals surface area contributed by atoms with Crippen LogP contribution in [0.2, 0.25) is 0 Å². The predicted molar refractivity (Wildman–Crippen MR) is 172 cm³/mol. The number of hydrogen-bond acceptors (Lipinski definition) is 3. The third-order valence-electron chi connectivity index (χ3n) is 8.37. The van der Waals surface area contributed by atoms with Gasteiger partial charge in [-0.2, -0.15) is 0 Å². The highest BCUT2D eigenvalue weighted by molar-refractivity contribution is 5.82. The van der Waals surface area contributed by atoms with Crippen molar-refractivity contribution in [2.24, 2.45) is 27.6 Å². The highest BCUT2D eigenvalue weighted by Crippen LogP contribution is 2.25. The summed E-state index contributed by atoms with van der Waals surface area (Å²) in [7, 11) is 0. The Morgan fingerprint density at radius 3 is 1.38 bits per heavy atom. The molecule has 0 aromatic heterocycles. The van der Waals surface area contributed by atoms with Crippen molar-refractivity contribution in [3.05, 3.63) is 0 Å². The van der Waals surface area contributed by atoms with Gasteiger partial charge in [0.25, 0.3) is 0 Å². The number of carbonyl (C=O) groups is 3. The Labute approximate surface area is 249 Å². The van der Waals surface area contributed by atoms with E-state index in [4.69, 9.17) is 0 Å². The molecule has 1 aliphatic rings. The summed E-state index contributed by atoms with van der Waals surface area (Å²) in [5.74, 6) is 1.30. The van der Waals surface area contributed by atoms with E-state index in [-0.39, 0.29) is 39.4 Å². The van der Waals surface area contributed by atoms with E-state index in [1.54, 1.807) is 0 Å². The topological polar surface area (TPSA) is 87.3 Å². The van der Waals surface area contributed by atoms with Crippen molar-refractivity contribution in [3.8, 4) is 0 Å².